The van der Waals surface area contributed by atoms with E-state index in [0.29, 0.717) is 17.9 Å². The average Bonchev–Trinajstić information content (AvgIpc) is 2.59. The molecule has 2 nitrogen and oxygen atoms in total. The molecule has 2 N–H and O–H groups in total. The third-order valence-corrected chi connectivity index (χ3v) is 4.92. The Labute approximate surface area is 151 Å². The van der Waals surface area contributed by atoms with Crippen LogP contribution in [0.5, 0.6) is 0 Å². The van der Waals surface area contributed by atoms with Gasteiger partial charge in [-0.2, -0.15) is 13.2 Å². The number of nitrogen functional groups attached to an aromatic ring is 1. The largest absolute Gasteiger partial charge is 0.416 e. The Kier molecular flexibility index (Phi) is 6.27. The first-order valence-corrected chi connectivity index (χ1v) is 9.28. The summed E-state index contributed by atoms with van der Waals surface area (Å²) in [4.78, 5) is 3.78. The van der Waals surface area contributed by atoms with Crippen LogP contribution < -0.4 is 10.6 Å². The molecule has 0 spiro atoms. The summed E-state index contributed by atoms with van der Waals surface area (Å²) in [6.07, 6.45) is -2.45. The van der Waals surface area contributed by atoms with Crippen molar-refractivity contribution in [1.29, 1.82) is 0 Å². The van der Waals surface area contributed by atoms with E-state index in [1.807, 2.05) is 30.9 Å². The SMILES string of the molecule is CC.CCCCN1c2ccc(N)cc2Sc2ccc(C(F)(F)F)cc21. The van der Waals surface area contributed by atoms with Gasteiger partial charge in [-0.3, -0.25) is 0 Å². The number of alkyl halides is 3. The van der Waals surface area contributed by atoms with E-state index in [0.717, 1.165) is 34.4 Å². The van der Waals surface area contributed by atoms with Crippen molar-refractivity contribution in [3.8, 4) is 0 Å². The molecule has 0 saturated heterocycles. The van der Waals surface area contributed by atoms with Gasteiger partial charge in [-0.25, -0.2) is 0 Å². The summed E-state index contributed by atoms with van der Waals surface area (Å²) in [6, 6.07) is 9.49. The number of halogens is 3. The molecule has 0 radical (unpaired) electrons. The van der Waals surface area contributed by atoms with Crippen molar-refractivity contribution in [1.82, 2.24) is 0 Å². The van der Waals surface area contributed by atoms with Crippen molar-refractivity contribution in [2.45, 2.75) is 49.6 Å². The summed E-state index contributed by atoms with van der Waals surface area (Å²) in [5.74, 6) is 0. The first kappa shape index (κ1) is 19.5. The number of hydrogen-bond acceptors (Lipinski definition) is 3. The van der Waals surface area contributed by atoms with Gasteiger partial charge in [0, 0.05) is 22.0 Å². The Balaban J connectivity index is 0.00000109. The minimum atomic E-state index is -4.34. The summed E-state index contributed by atoms with van der Waals surface area (Å²) in [6.45, 7) is 6.75. The van der Waals surface area contributed by atoms with Crippen LogP contribution in [0.25, 0.3) is 0 Å². The lowest BCUT2D eigenvalue weighted by Gasteiger charge is -2.33. The summed E-state index contributed by atoms with van der Waals surface area (Å²) < 4.78 is 39.1. The lowest BCUT2D eigenvalue weighted by atomic mass is 10.1. The van der Waals surface area contributed by atoms with Gasteiger partial charge in [0.1, 0.15) is 0 Å². The summed E-state index contributed by atoms with van der Waals surface area (Å²) in [7, 11) is 0. The molecule has 25 heavy (non-hydrogen) atoms. The molecule has 1 aliphatic rings. The Morgan fingerprint density at radius 3 is 2.36 bits per heavy atom. The van der Waals surface area contributed by atoms with Gasteiger partial charge in [0.25, 0.3) is 0 Å². The van der Waals surface area contributed by atoms with Gasteiger partial charge in [0.15, 0.2) is 0 Å². The van der Waals surface area contributed by atoms with Gasteiger partial charge in [0.2, 0.25) is 0 Å². The maximum absolute atomic E-state index is 13.0. The number of hydrogen-bond donors (Lipinski definition) is 1. The highest BCUT2D eigenvalue weighted by Gasteiger charge is 2.33. The predicted octanol–water partition coefficient (Wildman–Crippen LogP) is 6.72. The standard InChI is InChI=1S/C17H17F3N2S.C2H6/c1-2-3-8-22-13-6-5-12(21)10-16(13)23-15-7-4-11(9-14(15)22)17(18,19)20;1-2/h4-7,9-10H,2-3,8,21H2,1H3;1-2H3. The van der Waals surface area contributed by atoms with E-state index in [1.54, 1.807) is 12.1 Å². The van der Waals surface area contributed by atoms with E-state index in [-0.39, 0.29) is 0 Å². The molecule has 0 aliphatic carbocycles. The van der Waals surface area contributed by atoms with Gasteiger partial charge >= 0.3 is 6.18 Å². The molecular weight excluding hydrogens is 345 g/mol. The number of nitrogens with two attached hydrogens (primary N) is 1. The van der Waals surface area contributed by atoms with Crippen molar-refractivity contribution in [2.24, 2.45) is 0 Å². The number of rotatable bonds is 3. The zero-order valence-electron chi connectivity index (χ0n) is 14.7. The summed E-state index contributed by atoms with van der Waals surface area (Å²) >= 11 is 1.46. The Morgan fingerprint density at radius 2 is 1.72 bits per heavy atom. The van der Waals surface area contributed by atoms with Crippen LogP contribution in [0.15, 0.2) is 46.2 Å². The topological polar surface area (TPSA) is 29.3 Å². The maximum Gasteiger partial charge on any atom is 0.416 e. The van der Waals surface area contributed by atoms with Crippen LogP contribution in [0, 0.1) is 0 Å². The lowest BCUT2D eigenvalue weighted by molar-refractivity contribution is -0.137. The molecule has 136 valence electrons. The highest BCUT2D eigenvalue weighted by molar-refractivity contribution is 7.99. The van der Waals surface area contributed by atoms with E-state index in [1.165, 1.54) is 17.8 Å². The fraction of sp³-hybridized carbons (Fsp3) is 0.368. The third kappa shape index (κ3) is 4.24. The molecule has 0 amide bonds. The molecule has 6 heteroatoms. The average molecular weight is 368 g/mol. The second-order valence-corrected chi connectivity index (χ2v) is 6.60. The third-order valence-electron chi connectivity index (χ3n) is 3.81. The van der Waals surface area contributed by atoms with Crippen molar-refractivity contribution in [3.05, 3.63) is 42.0 Å². The minimum absolute atomic E-state index is 0.614. The van der Waals surface area contributed by atoms with Crippen molar-refractivity contribution < 1.29 is 13.2 Å². The van der Waals surface area contributed by atoms with E-state index in [2.05, 4.69) is 6.92 Å². The lowest BCUT2D eigenvalue weighted by Crippen LogP contribution is -2.22. The first-order chi connectivity index (χ1) is 11.9. The molecule has 2 aromatic rings. The van der Waals surface area contributed by atoms with Gasteiger partial charge in [-0.05, 0) is 42.8 Å². The zero-order valence-corrected chi connectivity index (χ0v) is 15.5. The predicted molar refractivity (Wildman–Crippen MR) is 99.7 cm³/mol. The van der Waals surface area contributed by atoms with E-state index in [9.17, 15) is 13.2 Å². The van der Waals surface area contributed by atoms with E-state index >= 15 is 0 Å². The quantitative estimate of drug-likeness (QED) is 0.610. The number of fused-ring (bicyclic) bond motifs is 2. The number of benzene rings is 2. The molecular formula is C19H23F3N2S. The summed E-state index contributed by atoms with van der Waals surface area (Å²) in [5, 5.41) is 0. The molecule has 0 unspecified atom stereocenters. The molecule has 0 bridgehead atoms. The molecule has 1 aliphatic heterocycles. The van der Waals surface area contributed by atoms with Crippen LogP contribution in [0.2, 0.25) is 0 Å². The molecule has 0 atom stereocenters. The van der Waals surface area contributed by atoms with Crippen molar-refractivity contribution >= 4 is 28.8 Å². The Bertz CT molecular complexity index is 729. The van der Waals surface area contributed by atoms with Crippen LogP contribution in [0.4, 0.5) is 30.2 Å². The zero-order chi connectivity index (χ0) is 18.6. The first-order valence-electron chi connectivity index (χ1n) is 8.46. The molecule has 3 rings (SSSR count). The molecule has 1 heterocycles. The van der Waals surface area contributed by atoms with Crippen LogP contribution in [-0.4, -0.2) is 6.54 Å². The molecule has 0 fully saturated rings. The number of unbranched alkanes of at least 4 members (excludes halogenated alkanes) is 1. The van der Waals surface area contributed by atoms with E-state index in [4.69, 9.17) is 5.73 Å². The monoisotopic (exact) mass is 368 g/mol. The fourth-order valence-corrected chi connectivity index (χ4v) is 3.76. The van der Waals surface area contributed by atoms with Gasteiger partial charge < -0.3 is 10.6 Å². The number of nitrogens with zero attached hydrogens (tertiary/aromatic N) is 1. The van der Waals surface area contributed by atoms with Gasteiger partial charge in [-0.15, -0.1) is 0 Å². The van der Waals surface area contributed by atoms with Gasteiger partial charge in [-0.1, -0.05) is 39.0 Å². The van der Waals surface area contributed by atoms with Crippen LogP contribution in [0.3, 0.4) is 0 Å². The highest BCUT2D eigenvalue weighted by atomic mass is 32.2. The second-order valence-electron chi connectivity index (χ2n) is 5.51. The Hall–Kier alpha value is -1.82. The van der Waals surface area contributed by atoms with Crippen LogP contribution in [-0.2, 0) is 6.18 Å². The fourth-order valence-electron chi connectivity index (χ4n) is 2.63. The van der Waals surface area contributed by atoms with Crippen molar-refractivity contribution in [2.75, 3.05) is 17.2 Å². The molecule has 2 aromatic carbocycles. The second kappa shape index (κ2) is 8.04. The molecule has 0 saturated carbocycles. The highest BCUT2D eigenvalue weighted by Crippen LogP contribution is 2.50. The van der Waals surface area contributed by atoms with E-state index < -0.39 is 11.7 Å². The maximum atomic E-state index is 13.0. The Morgan fingerprint density at radius 1 is 1.00 bits per heavy atom. The minimum Gasteiger partial charge on any atom is -0.399 e. The smallest absolute Gasteiger partial charge is 0.399 e. The van der Waals surface area contributed by atoms with Crippen LogP contribution >= 0.6 is 11.8 Å². The van der Waals surface area contributed by atoms with Crippen molar-refractivity contribution in [3.63, 3.8) is 0 Å². The number of anilines is 3. The summed E-state index contributed by atoms with van der Waals surface area (Å²) in [5.41, 5.74) is 7.43. The normalized spacial score (nSPS) is 12.8. The van der Waals surface area contributed by atoms with Crippen LogP contribution in [0.1, 0.15) is 39.2 Å². The van der Waals surface area contributed by atoms with Gasteiger partial charge in [0.05, 0.1) is 16.9 Å². The molecule has 0 aromatic heterocycles.